The predicted octanol–water partition coefficient (Wildman–Crippen LogP) is 4.10. The SMILES string of the molecule is C/C(=N\Nc1ccc(Cl)nn1)c1ccc(N2CCCCC2)c(F)c1. The van der Waals surface area contributed by atoms with E-state index in [0.29, 0.717) is 22.4 Å². The minimum Gasteiger partial charge on any atom is -0.369 e. The van der Waals surface area contributed by atoms with E-state index < -0.39 is 0 Å². The molecular formula is C17H19ClFN5. The van der Waals surface area contributed by atoms with E-state index in [1.54, 1.807) is 12.1 Å². The maximum absolute atomic E-state index is 14.4. The Hall–Kier alpha value is -2.21. The molecule has 0 amide bonds. The van der Waals surface area contributed by atoms with Gasteiger partial charge in [0.1, 0.15) is 5.82 Å². The largest absolute Gasteiger partial charge is 0.369 e. The van der Waals surface area contributed by atoms with Gasteiger partial charge in [-0.2, -0.15) is 5.10 Å². The summed E-state index contributed by atoms with van der Waals surface area (Å²) in [6.45, 7) is 3.64. The number of nitrogens with one attached hydrogen (secondary N) is 1. The van der Waals surface area contributed by atoms with Crippen LogP contribution >= 0.6 is 11.6 Å². The molecule has 1 aromatic carbocycles. The molecule has 1 aliphatic heterocycles. The van der Waals surface area contributed by atoms with Gasteiger partial charge >= 0.3 is 0 Å². The summed E-state index contributed by atoms with van der Waals surface area (Å²) in [5.41, 5.74) is 4.85. The average molecular weight is 348 g/mol. The van der Waals surface area contributed by atoms with Crippen LogP contribution in [-0.4, -0.2) is 29.0 Å². The molecule has 0 atom stereocenters. The summed E-state index contributed by atoms with van der Waals surface area (Å²) in [5, 5.41) is 12.1. The summed E-state index contributed by atoms with van der Waals surface area (Å²) in [7, 11) is 0. The van der Waals surface area contributed by atoms with Crippen molar-refractivity contribution in [1.29, 1.82) is 0 Å². The van der Waals surface area contributed by atoms with Gasteiger partial charge in [0.25, 0.3) is 0 Å². The molecule has 126 valence electrons. The monoisotopic (exact) mass is 347 g/mol. The van der Waals surface area contributed by atoms with Crippen LogP contribution in [0.5, 0.6) is 0 Å². The predicted molar refractivity (Wildman–Crippen MR) is 95.3 cm³/mol. The highest BCUT2D eigenvalue weighted by Crippen LogP contribution is 2.24. The van der Waals surface area contributed by atoms with E-state index in [-0.39, 0.29) is 5.82 Å². The van der Waals surface area contributed by atoms with Crippen LogP contribution in [0.25, 0.3) is 0 Å². The molecule has 1 aromatic heterocycles. The average Bonchev–Trinajstić information content (AvgIpc) is 2.61. The van der Waals surface area contributed by atoms with Crippen molar-refractivity contribution < 1.29 is 4.39 Å². The van der Waals surface area contributed by atoms with Crippen molar-refractivity contribution in [3.05, 3.63) is 46.9 Å². The molecule has 5 nitrogen and oxygen atoms in total. The van der Waals surface area contributed by atoms with Crippen LogP contribution in [0.15, 0.2) is 35.4 Å². The quantitative estimate of drug-likeness (QED) is 0.668. The maximum Gasteiger partial charge on any atom is 0.168 e. The number of anilines is 2. The van der Waals surface area contributed by atoms with Crippen LogP contribution in [0, 0.1) is 5.82 Å². The summed E-state index contributed by atoms with van der Waals surface area (Å²) < 4.78 is 14.4. The Morgan fingerprint density at radius 1 is 1.17 bits per heavy atom. The Bertz CT molecular complexity index is 726. The number of nitrogens with zero attached hydrogens (tertiary/aromatic N) is 4. The lowest BCUT2D eigenvalue weighted by molar-refractivity contribution is 0.557. The summed E-state index contributed by atoms with van der Waals surface area (Å²) in [6.07, 6.45) is 3.46. The Morgan fingerprint density at radius 2 is 1.96 bits per heavy atom. The van der Waals surface area contributed by atoms with Gasteiger partial charge in [0, 0.05) is 18.7 Å². The van der Waals surface area contributed by atoms with E-state index >= 15 is 0 Å². The van der Waals surface area contributed by atoms with E-state index in [1.165, 1.54) is 12.5 Å². The van der Waals surface area contributed by atoms with E-state index in [4.69, 9.17) is 11.6 Å². The number of rotatable bonds is 4. The molecule has 0 unspecified atom stereocenters. The highest BCUT2D eigenvalue weighted by atomic mass is 35.5. The molecular weight excluding hydrogens is 329 g/mol. The van der Waals surface area contributed by atoms with Crippen LogP contribution < -0.4 is 10.3 Å². The molecule has 0 saturated carbocycles. The van der Waals surface area contributed by atoms with Crippen LogP contribution in [-0.2, 0) is 0 Å². The Labute approximate surface area is 145 Å². The lowest BCUT2D eigenvalue weighted by atomic mass is 10.1. The summed E-state index contributed by atoms with van der Waals surface area (Å²) in [5.74, 6) is 0.263. The highest BCUT2D eigenvalue weighted by Gasteiger charge is 2.15. The first-order valence-corrected chi connectivity index (χ1v) is 8.36. The second kappa shape index (κ2) is 7.57. The molecule has 1 N–H and O–H groups in total. The third-order valence-electron chi connectivity index (χ3n) is 4.03. The molecule has 2 aromatic rings. The zero-order valence-corrected chi connectivity index (χ0v) is 14.2. The first kappa shape index (κ1) is 16.6. The second-order valence-corrected chi connectivity index (χ2v) is 6.15. The van der Waals surface area contributed by atoms with Crippen LogP contribution in [0.2, 0.25) is 5.15 Å². The van der Waals surface area contributed by atoms with Gasteiger partial charge in [-0.1, -0.05) is 17.7 Å². The number of halogens is 2. The van der Waals surface area contributed by atoms with Crippen molar-refractivity contribution in [2.75, 3.05) is 23.4 Å². The molecule has 3 rings (SSSR count). The van der Waals surface area contributed by atoms with Crippen molar-refractivity contribution in [2.24, 2.45) is 5.10 Å². The minimum atomic E-state index is -0.213. The van der Waals surface area contributed by atoms with Gasteiger partial charge < -0.3 is 4.90 Å². The molecule has 7 heteroatoms. The van der Waals surface area contributed by atoms with E-state index in [0.717, 1.165) is 31.5 Å². The number of hydrazone groups is 1. The zero-order valence-electron chi connectivity index (χ0n) is 13.5. The van der Waals surface area contributed by atoms with Gasteiger partial charge in [-0.25, -0.2) is 4.39 Å². The Balaban J connectivity index is 1.72. The van der Waals surface area contributed by atoms with Crippen LogP contribution in [0.1, 0.15) is 31.7 Å². The van der Waals surface area contributed by atoms with E-state index in [9.17, 15) is 4.39 Å². The molecule has 2 heterocycles. The minimum absolute atomic E-state index is 0.213. The van der Waals surface area contributed by atoms with Crippen molar-refractivity contribution in [3.63, 3.8) is 0 Å². The fraction of sp³-hybridized carbons (Fsp3) is 0.353. The van der Waals surface area contributed by atoms with Gasteiger partial charge in [0.05, 0.1) is 11.4 Å². The van der Waals surface area contributed by atoms with Gasteiger partial charge in [-0.15, -0.1) is 10.2 Å². The standard InChI is InChI=1S/C17H19ClFN5/c1-12(20-22-17-8-7-16(18)21-23-17)13-5-6-15(14(19)11-13)24-9-3-2-4-10-24/h5-8,11H,2-4,9-10H2,1H3,(H,22,23)/b20-12+. The lowest BCUT2D eigenvalue weighted by Crippen LogP contribution is -2.30. The normalized spacial score (nSPS) is 15.5. The van der Waals surface area contributed by atoms with Gasteiger partial charge in [-0.05, 0) is 50.5 Å². The van der Waals surface area contributed by atoms with Crippen LogP contribution in [0.3, 0.4) is 0 Å². The van der Waals surface area contributed by atoms with Crippen LogP contribution in [0.4, 0.5) is 15.9 Å². The fourth-order valence-electron chi connectivity index (χ4n) is 2.70. The molecule has 1 fully saturated rings. The fourth-order valence-corrected chi connectivity index (χ4v) is 2.81. The number of aromatic nitrogens is 2. The molecule has 1 aliphatic rings. The summed E-state index contributed by atoms with van der Waals surface area (Å²) in [6, 6.07) is 8.54. The second-order valence-electron chi connectivity index (χ2n) is 5.76. The topological polar surface area (TPSA) is 53.4 Å². The third kappa shape index (κ3) is 4.00. The van der Waals surface area contributed by atoms with Crippen molar-refractivity contribution in [2.45, 2.75) is 26.2 Å². The first-order chi connectivity index (χ1) is 11.6. The van der Waals surface area contributed by atoms with Gasteiger partial charge in [0.2, 0.25) is 0 Å². The Kier molecular flexibility index (Phi) is 5.25. The molecule has 0 radical (unpaired) electrons. The van der Waals surface area contributed by atoms with Crippen molar-refractivity contribution in [1.82, 2.24) is 10.2 Å². The molecule has 0 spiro atoms. The van der Waals surface area contributed by atoms with Crippen molar-refractivity contribution in [3.8, 4) is 0 Å². The number of benzene rings is 1. The number of hydrogen-bond acceptors (Lipinski definition) is 5. The molecule has 1 saturated heterocycles. The first-order valence-electron chi connectivity index (χ1n) is 7.98. The smallest absolute Gasteiger partial charge is 0.168 e. The van der Waals surface area contributed by atoms with E-state index in [2.05, 4.69) is 25.6 Å². The highest BCUT2D eigenvalue weighted by molar-refractivity contribution is 6.29. The Morgan fingerprint density at radius 3 is 2.62 bits per heavy atom. The summed E-state index contributed by atoms with van der Waals surface area (Å²) >= 11 is 5.68. The van der Waals surface area contributed by atoms with Gasteiger partial charge in [-0.3, -0.25) is 5.43 Å². The van der Waals surface area contributed by atoms with E-state index in [1.807, 2.05) is 19.1 Å². The number of piperidine rings is 1. The summed E-state index contributed by atoms with van der Waals surface area (Å²) in [4.78, 5) is 2.11. The number of hydrogen-bond donors (Lipinski definition) is 1. The third-order valence-corrected chi connectivity index (χ3v) is 4.23. The molecule has 24 heavy (non-hydrogen) atoms. The van der Waals surface area contributed by atoms with Crippen molar-refractivity contribution >= 4 is 28.8 Å². The lowest BCUT2D eigenvalue weighted by Gasteiger charge is -2.29. The maximum atomic E-state index is 14.4. The zero-order chi connectivity index (χ0) is 16.9. The van der Waals surface area contributed by atoms with Gasteiger partial charge in [0.15, 0.2) is 11.0 Å². The molecule has 0 bridgehead atoms. The molecule has 0 aliphatic carbocycles.